The lowest BCUT2D eigenvalue weighted by molar-refractivity contribution is -0.117. The third-order valence-corrected chi connectivity index (χ3v) is 5.46. The summed E-state index contributed by atoms with van der Waals surface area (Å²) in [5.74, 6) is 0.917. The second kappa shape index (κ2) is 7.13. The van der Waals surface area contributed by atoms with Gasteiger partial charge in [0.25, 0.3) is 5.89 Å². The molecule has 0 radical (unpaired) electrons. The molecule has 29 heavy (non-hydrogen) atoms. The first kappa shape index (κ1) is 17.6. The molecule has 5 rings (SSSR count). The Balaban J connectivity index is 1.41. The number of pyridine rings is 1. The SMILES string of the molecule is CCc1ccc(N2CC(c3noc(-c4nccc5ccccc45)n3)CC2=O)cc1. The first-order valence-electron chi connectivity index (χ1n) is 9.80. The van der Waals surface area contributed by atoms with Crippen molar-refractivity contribution >= 4 is 22.4 Å². The minimum absolute atomic E-state index is 0.0777. The van der Waals surface area contributed by atoms with Gasteiger partial charge in [-0.1, -0.05) is 48.5 Å². The van der Waals surface area contributed by atoms with Gasteiger partial charge in [0.15, 0.2) is 5.82 Å². The minimum Gasteiger partial charge on any atom is -0.332 e. The van der Waals surface area contributed by atoms with Crippen LogP contribution in [0.4, 0.5) is 5.69 Å². The van der Waals surface area contributed by atoms with Crippen LogP contribution in [0.25, 0.3) is 22.4 Å². The summed E-state index contributed by atoms with van der Waals surface area (Å²) >= 11 is 0. The van der Waals surface area contributed by atoms with Crippen LogP contribution in [0.5, 0.6) is 0 Å². The minimum atomic E-state index is -0.0965. The molecule has 2 aromatic carbocycles. The molecular weight excluding hydrogens is 364 g/mol. The summed E-state index contributed by atoms with van der Waals surface area (Å²) < 4.78 is 5.52. The van der Waals surface area contributed by atoms with E-state index in [1.54, 1.807) is 11.1 Å². The zero-order valence-electron chi connectivity index (χ0n) is 16.1. The van der Waals surface area contributed by atoms with Gasteiger partial charge in [-0.25, -0.2) is 0 Å². The molecule has 0 bridgehead atoms. The average molecular weight is 384 g/mol. The van der Waals surface area contributed by atoms with E-state index in [1.165, 1.54) is 5.56 Å². The first-order chi connectivity index (χ1) is 14.2. The summed E-state index contributed by atoms with van der Waals surface area (Å²) in [5, 5.41) is 6.19. The normalized spacial score (nSPS) is 16.7. The monoisotopic (exact) mass is 384 g/mol. The highest BCUT2D eigenvalue weighted by atomic mass is 16.5. The number of hydrogen-bond acceptors (Lipinski definition) is 5. The molecule has 6 nitrogen and oxygen atoms in total. The number of fused-ring (bicyclic) bond motifs is 1. The molecule has 1 fully saturated rings. The molecule has 1 unspecified atom stereocenters. The van der Waals surface area contributed by atoms with Gasteiger partial charge in [-0.3, -0.25) is 9.78 Å². The fourth-order valence-electron chi connectivity index (χ4n) is 3.83. The highest BCUT2D eigenvalue weighted by molar-refractivity contribution is 5.96. The summed E-state index contributed by atoms with van der Waals surface area (Å²) in [7, 11) is 0. The number of rotatable bonds is 4. The molecular formula is C23H20N4O2. The Morgan fingerprint density at radius 3 is 2.76 bits per heavy atom. The van der Waals surface area contributed by atoms with Crippen LogP contribution < -0.4 is 4.90 Å². The third kappa shape index (κ3) is 3.16. The molecule has 2 aromatic heterocycles. The van der Waals surface area contributed by atoms with Crippen molar-refractivity contribution < 1.29 is 9.32 Å². The van der Waals surface area contributed by atoms with Gasteiger partial charge in [-0.2, -0.15) is 4.98 Å². The zero-order valence-corrected chi connectivity index (χ0v) is 16.1. The van der Waals surface area contributed by atoms with Crippen LogP contribution in [-0.4, -0.2) is 27.6 Å². The summed E-state index contributed by atoms with van der Waals surface area (Å²) in [6.07, 6.45) is 3.09. The summed E-state index contributed by atoms with van der Waals surface area (Å²) in [6, 6.07) is 18.0. The third-order valence-electron chi connectivity index (χ3n) is 5.46. The maximum absolute atomic E-state index is 12.6. The lowest BCUT2D eigenvalue weighted by Crippen LogP contribution is -2.24. The van der Waals surface area contributed by atoms with Crippen molar-refractivity contribution in [1.29, 1.82) is 0 Å². The molecule has 144 valence electrons. The van der Waals surface area contributed by atoms with Gasteiger partial charge >= 0.3 is 0 Å². The number of amides is 1. The molecule has 1 saturated heterocycles. The van der Waals surface area contributed by atoms with Crippen molar-refractivity contribution in [2.24, 2.45) is 0 Å². The Morgan fingerprint density at radius 1 is 1.10 bits per heavy atom. The van der Waals surface area contributed by atoms with Crippen LogP contribution >= 0.6 is 0 Å². The fraction of sp³-hybridized carbons (Fsp3) is 0.217. The maximum Gasteiger partial charge on any atom is 0.277 e. The topological polar surface area (TPSA) is 72.1 Å². The lowest BCUT2D eigenvalue weighted by atomic mass is 10.1. The summed E-state index contributed by atoms with van der Waals surface area (Å²) in [5.41, 5.74) is 2.83. The number of anilines is 1. The van der Waals surface area contributed by atoms with E-state index in [1.807, 2.05) is 42.5 Å². The Bertz CT molecular complexity index is 1180. The van der Waals surface area contributed by atoms with Gasteiger partial charge < -0.3 is 9.42 Å². The molecule has 1 atom stereocenters. The van der Waals surface area contributed by atoms with Gasteiger partial charge in [0, 0.05) is 36.2 Å². The fourth-order valence-corrected chi connectivity index (χ4v) is 3.83. The number of carbonyl (C=O) groups is 1. The molecule has 1 amide bonds. The molecule has 1 aliphatic rings. The Hall–Kier alpha value is -3.54. The van der Waals surface area contributed by atoms with E-state index >= 15 is 0 Å². The number of hydrogen-bond donors (Lipinski definition) is 0. The number of aryl methyl sites for hydroxylation is 1. The average Bonchev–Trinajstić information content (AvgIpc) is 3.40. The van der Waals surface area contributed by atoms with Crippen LogP contribution in [0.3, 0.4) is 0 Å². The standard InChI is InChI=1S/C23H20N4O2/c1-2-15-7-9-18(10-8-15)27-14-17(13-20(27)28)22-25-23(29-26-22)21-19-6-4-3-5-16(19)11-12-24-21/h3-12,17H,2,13-14H2,1H3. The number of aromatic nitrogens is 3. The van der Waals surface area contributed by atoms with Crippen molar-refractivity contribution in [3.05, 3.63) is 72.2 Å². The van der Waals surface area contributed by atoms with Crippen LogP contribution in [0.15, 0.2) is 65.3 Å². The van der Waals surface area contributed by atoms with E-state index in [0.717, 1.165) is 22.9 Å². The van der Waals surface area contributed by atoms with E-state index in [-0.39, 0.29) is 11.8 Å². The quantitative estimate of drug-likeness (QED) is 0.522. The van der Waals surface area contributed by atoms with E-state index < -0.39 is 0 Å². The summed E-state index contributed by atoms with van der Waals surface area (Å²) in [6.45, 7) is 2.66. The second-order valence-electron chi connectivity index (χ2n) is 7.26. The predicted octanol–water partition coefficient (Wildman–Crippen LogP) is 4.37. The van der Waals surface area contributed by atoms with Gasteiger partial charge in [-0.15, -0.1) is 0 Å². The largest absolute Gasteiger partial charge is 0.332 e. The van der Waals surface area contributed by atoms with E-state index in [0.29, 0.717) is 30.4 Å². The highest BCUT2D eigenvalue weighted by Gasteiger charge is 2.34. The Labute approximate surface area is 168 Å². The molecule has 0 aliphatic carbocycles. The second-order valence-corrected chi connectivity index (χ2v) is 7.26. The molecule has 1 aliphatic heterocycles. The number of benzene rings is 2. The molecule has 0 spiro atoms. The van der Waals surface area contributed by atoms with Crippen molar-refractivity contribution in [3.63, 3.8) is 0 Å². The molecule has 0 saturated carbocycles. The van der Waals surface area contributed by atoms with Crippen molar-refractivity contribution in [2.45, 2.75) is 25.7 Å². The number of nitrogens with zero attached hydrogens (tertiary/aromatic N) is 4. The maximum atomic E-state index is 12.6. The Kier molecular flexibility index (Phi) is 4.31. The Morgan fingerprint density at radius 2 is 1.93 bits per heavy atom. The first-order valence-corrected chi connectivity index (χ1v) is 9.80. The lowest BCUT2D eigenvalue weighted by Gasteiger charge is -2.16. The van der Waals surface area contributed by atoms with Gasteiger partial charge in [0.1, 0.15) is 5.69 Å². The summed E-state index contributed by atoms with van der Waals surface area (Å²) in [4.78, 5) is 23.4. The van der Waals surface area contributed by atoms with Gasteiger partial charge in [0.2, 0.25) is 5.91 Å². The zero-order chi connectivity index (χ0) is 19.8. The molecule has 4 aromatic rings. The van der Waals surface area contributed by atoms with E-state index in [2.05, 4.69) is 34.2 Å². The van der Waals surface area contributed by atoms with Crippen molar-refractivity contribution in [2.75, 3.05) is 11.4 Å². The van der Waals surface area contributed by atoms with Gasteiger partial charge in [0.05, 0.1) is 0 Å². The van der Waals surface area contributed by atoms with Crippen LogP contribution in [0.1, 0.15) is 30.7 Å². The van der Waals surface area contributed by atoms with Crippen molar-refractivity contribution in [1.82, 2.24) is 15.1 Å². The van der Waals surface area contributed by atoms with E-state index in [4.69, 9.17) is 4.52 Å². The predicted molar refractivity (Wildman–Crippen MR) is 111 cm³/mol. The molecule has 3 heterocycles. The molecule has 0 N–H and O–H groups in total. The number of carbonyl (C=O) groups excluding carboxylic acids is 1. The van der Waals surface area contributed by atoms with Crippen LogP contribution in [-0.2, 0) is 11.2 Å². The van der Waals surface area contributed by atoms with E-state index in [9.17, 15) is 4.79 Å². The highest BCUT2D eigenvalue weighted by Crippen LogP contribution is 2.32. The van der Waals surface area contributed by atoms with Crippen LogP contribution in [0.2, 0.25) is 0 Å². The molecule has 6 heteroatoms. The van der Waals surface area contributed by atoms with Crippen LogP contribution in [0, 0.1) is 0 Å². The van der Waals surface area contributed by atoms with Gasteiger partial charge in [-0.05, 0) is 35.6 Å². The smallest absolute Gasteiger partial charge is 0.277 e. The van der Waals surface area contributed by atoms with Crippen molar-refractivity contribution in [3.8, 4) is 11.6 Å².